The monoisotopic (exact) mass is 299 g/mol. The summed E-state index contributed by atoms with van der Waals surface area (Å²) in [6.45, 7) is 9.81. The number of hydrogen-bond donors (Lipinski definition) is 2. The second-order valence-corrected chi connectivity index (χ2v) is 5.94. The normalized spacial score (nSPS) is 12.6. The number of para-hydroxylation sites is 1. The van der Waals surface area contributed by atoms with Crippen LogP contribution in [-0.4, -0.2) is 30.0 Å². The molecule has 0 saturated heterocycles. The van der Waals surface area contributed by atoms with Gasteiger partial charge in [0.25, 0.3) is 5.91 Å². The van der Waals surface area contributed by atoms with Crippen molar-refractivity contribution in [3.63, 3.8) is 0 Å². The van der Waals surface area contributed by atoms with Gasteiger partial charge in [-0.1, -0.05) is 39.0 Å². The van der Waals surface area contributed by atoms with E-state index in [1.165, 1.54) is 0 Å². The van der Waals surface area contributed by atoms with Crippen LogP contribution in [0.4, 0.5) is 0 Å². The van der Waals surface area contributed by atoms with Gasteiger partial charge in [0.2, 0.25) is 0 Å². The highest BCUT2D eigenvalue weighted by Gasteiger charge is 2.14. The second kappa shape index (κ2) is 7.36. The van der Waals surface area contributed by atoms with E-state index in [9.17, 15) is 4.79 Å². The smallest absolute Gasteiger partial charge is 0.252 e. The maximum Gasteiger partial charge on any atom is 0.252 e. The number of carbonyl (C=O) groups excluding carboxylic acids is 1. The molecule has 2 N–H and O–H groups in total. The highest BCUT2D eigenvalue weighted by molar-refractivity contribution is 6.06. The van der Waals surface area contributed by atoms with Gasteiger partial charge >= 0.3 is 0 Å². The van der Waals surface area contributed by atoms with Crippen LogP contribution in [-0.2, 0) is 0 Å². The van der Waals surface area contributed by atoms with Gasteiger partial charge in [-0.05, 0) is 31.5 Å². The average Bonchev–Trinajstić information content (AvgIpc) is 2.51. The van der Waals surface area contributed by atoms with E-state index in [2.05, 4.69) is 43.3 Å². The molecule has 1 aromatic heterocycles. The van der Waals surface area contributed by atoms with Gasteiger partial charge in [0.15, 0.2) is 0 Å². The van der Waals surface area contributed by atoms with E-state index >= 15 is 0 Å². The summed E-state index contributed by atoms with van der Waals surface area (Å²) in [5, 5.41) is 7.21. The third-order valence-electron chi connectivity index (χ3n) is 3.69. The molecule has 4 heteroatoms. The van der Waals surface area contributed by atoms with Crippen molar-refractivity contribution >= 4 is 16.8 Å². The van der Waals surface area contributed by atoms with Crippen molar-refractivity contribution in [3.05, 3.63) is 41.6 Å². The Kier molecular flexibility index (Phi) is 5.50. The Morgan fingerprint density at radius 1 is 1.23 bits per heavy atom. The van der Waals surface area contributed by atoms with Crippen molar-refractivity contribution in [1.82, 2.24) is 15.6 Å². The fraction of sp³-hybridized carbons (Fsp3) is 0.444. The molecular formula is C18H25N3O. The van der Waals surface area contributed by atoms with Crippen LogP contribution < -0.4 is 10.6 Å². The summed E-state index contributed by atoms with van der Waals surface area (Å²) >= 11 is 0. The number of aromatic nitrogens is 1. The molecule has 0 aliphatic carbocycles. The van der Waals surface area contributed by atoms with Gasteiger partial charge < -0.3 is 10.6 Å². The van der Waals surface area contributed by atoms with E-state index in [4.69, 9.17) is 0 Å². The molecule has 4 nitrogen and oxygen atoms in total. The van der Waals surface area contributed by atoms with Crippen molar-refractivity contribution in [1.29, 1.82) is 0 Å². The van der Waals surface area contributed by atoms with E-state index in [1.807, 2.05) is 30.3 Å². The van der Waals surface area contributed by atoms with E-state index in [-0.39, 0.29) is 17.9 Å². The van der Waals surface area contributed by atoms with Gasteiger partial charge in [0.05, 0.1) is 11.1 Å². The fourth-order valence-corrected chi connectivity index (χ4v) is 2.44. The molecule has 1 heterocycles. The number of amides is 1. The van der Waals surface area contributed by atoms with Crippen molar-refractivity contribution in [2.45, 2.75) is 39.7 Å². The first-order valence-corrected chi connectivity index (χ1v) is 7.94. The van der Waals surface area contributed by atoms with Crippen LogP contribution in [0.2, 0.25) is 0 Å². The summed E-state index contributed by atoms with van der Waals surface area (Å²) in [7, 11) is 0. The summed E-state index contributed by atoms with van der Waals surface area (Å²) in [5.74, 6) is 0.252. The summed E-state index contributed by atoms with van der Waals surface area (Å²) in [6.07, 6.45) is 0. The van der Waals surface area contributed by atoms with Crippen molar-refractivity contribution in [2.75, 3.05) is 13.1 Å². The number of benzene rings is 1. The van der Waals surface area contributed by atoms with Crippen LogP contribution >= 0.6 is 0 Å². The van der Waals surface area contributed by atoms with Gasteiger partial charge in [-0.3, -0.25) is 9.78 Å². The van der Waals surface area contributed by atoms with Gasteiger partial charge in [-0.25, -0.2) is 0 Å². The van der Waals surface area contributed by atoms with E-state index in [1.54, 1.807) is 0 Å². The minimum Gasteiger partial charge on any atom is -0.350 e. The highest BCUT2D eigenvalue weighted by Crippen LogP contribution is 2.22. The zero-order chi connectivity index (χ0) is 16.1. The molecule has 0 unspecified atom stereocenters. The number of carbonyl (C=O) groups is 1. The maximum atomic E-state index is 12.6. The molecular weight excluding hydrogens is 274 g/mol. The molecule has 1 aromatic carbocycles. The number of nitrogens with zero attached hydrogens (tertiary/aromatic N) is 1. The van der Waals surface area contributed by atoms with Crippen molar-refractivity contribution in [2.24, 2.45) is 0 Å². The van der Waals surface area contributed by atoms with E-state index < -0.39 is 0 Å². The Morgan fingerprint density at radius 3 is 2.64 bits per heavy atom. The number of likely N-dealkylation sites (N-methyl/N-ethyl adjacent to an activating group) is 1. The van der Waals surface area contributed by atoms with Gasteiger partial charge in [0, 0.05) is 23.7 Å². The van der Waals surface area contributed by atoms with Gasteiger partial charge in [0.1, 0.15) is 0 Å². The maximum absolute atomic E-state index is 12.6. The second-order valence-electron chi connectivity index (χ2n) is 5.94. The van der Waals surface area contributed by atoms with Crippen LogP contribution in [0.1, 0.15) is 49.7 Å². The Balaban J connectivity index is 2.30. The van der Waals surface area contributed by atoms with Crippen LogP contribution in [0.3, 0.4) is 0 Å². The predicted octanol–water partition coefficient (Wildman–Crippen LogP) is 3.09. The van der Waals surface area contributed by atoms with Crippen LogP contribution in [0.5, 0.6) is 0 Å². The molecule has 0 spiro atoms. The highest BCUT2D eigenvalue weighted by atomic mass is 16.1. The first-order valence-electron chi connectivity index (χ1n) is 7.94. The molecule has 0 bridgehead atoms. The minimum atomic E-state index is -0.0368. The Hall–Kier alpha value is -1.94. The number of fused-ring (bicyclic) bond motifs is 1. The zero-order valence-corrected chi connectivity index (χ0v) is 13.8. The summed E-state index contributed by atoms with van der Waals surface area (Å²) in [5.41, 5.74) is 2.53. The molecule has 22 heavy (non-hydrogen) atoms. The van der Waals surface area contributed by atoms with Gasteiger partial charge in [-0.2, -0.15) is 0 Å². The molecule has 0 radical (unpaired) electrons. The average molecular weight is 299 g/mol. The zero-order valence-electron chi connectivity index (χ0n) is 13.8. The number of hydrogen-bond acceptors (Lipinski definition) is 3. The van der Waals surface area contributed by atoms with Crippen molar-refractivity contribution in [3.8, 4) is 0 Å². The standard InChI is InChI=1S/C18H25N3O/c1-5-19-13(4)11-20-18(22)15-10-17(12(2)3)21-16-9-7-6-8-14(15)16/h6-10,12-13,19H,5,11H2,1-4H3,(H,20,22)/t13-/m1/s1. The number of nitrogens with one attached hydrogen (secondary N) is 2. The minimum absolute atomic E-state index is 0.0368. The van der Waals surface area contributed by atoms with Crippen LogP contribution in [0.15, 0.2) is 30.3 Å². The summed E-state index contributed by atoms with van der Waals surface area (Å²) in [4.78, 5) is 17.2. The molecule has 0 fully saturated rings. The Labute approximate surface area is 132 Å². The lowest BCUT2D eigenvalue weighted by Crippen LogP contribution is -2.38. The molecule has 0 saturated carbocycles. The molecule has 118 valence electrons. The third kappa shape index (κ3) is 3.83. The fourth-order valence-electron chi connectivity index (χ4n) is 2.44. The molecule has 1 amide bonds. The van der Waals surface area contributed by atoms with E-state index in [0.717, 1.165) is 23.1 Å². The predicted molar refractivity (Wildman–Crippen MR) is 91.3 cm³/mol. The lowest BCUT2D eigenvalue weighted by molar-refractivity contribution is 0.0951. The Bertz CT molecular complexity index is 652. The largest absolute Gasteiger partial charge is 0.350 e. The van der Waals surface area contributed by atoms with E-state index in [0.29, 0.717) is 12.1 Å². The number of pyridine rings is 1. The molecule has 0 aliphatic heterocycles. The SMILES string of the molecule is CCN[C@H](C)CNC(=O)c1cc(C(C)C)nc2ccccc12. The summed E-state index contributed by atoms with van der Waals surface area (Å²) < 4.78 is 0. The van der Waals surface area contributed by atoms with Crippen molar-refractivity contribution < 1.29 is 4.79 Å². The first kappa shape index (κ1) is 16.4. The lowest BCUT2D eigenvalue weighted by Gasteiger charge is -2.15. The molecule has 0 aliphatic rings. The molecule has 2 aromatic rings. The van der Waals surface area contributed by atoms with Crippen LogP contribution in [0.25, 0.3) is 10.9 Å². The van der Waals surface area contributed by atoms with Crippen LogP contribution in [0, 0.1) is 0 Å². The third-order valence-corrected chi connectivity index (χ3v) is 3.69. The lowest BCUT2D eigenvalue weighted by atomic mass is 10.0. The number of rotatable bonds is 6. The Morgan fingerprint density at radius 2 is 1.95 bits per heavy atom. The molecule has 1 atom stereocenters. The summed E-state index contributed by atoms with van der Waals surface area (Å²) in [6, 6.07) is 9.98. The first-order chi connectivity index (χ1) is 10.5. The quantitative estimate of drug-likeness (QED) is 0.862. The molecule has 2 rings (SSSR count). The topological polar surface area (TPSA) is 54.0 Å². The van der Waals surface area contributed by atoms with Gasteiger partial charge in [-0.15, -0.1) is 0 Å².